The van der Waals surface area contributed by atoms with Gasteiger partial charge in [0.15, 0.2) is 0 Å². The van der Waals surface area contributed by atoms with Crippen molar-refractivity contribution in [2.75, 3.05) is 13.6 Å². The zero-order valence-corrected chi connectivity index (χ0v) is 11.8. The molecule has 2 rings (SSSR count). The normalized spacial score (nSPS) is 19.7. The topological polar surface area (TPSA) is 66.5 Å². The van der Waals surface area contributed by atoms with E-state index < -0.39 is 32.6 Å². The fraction of sp³-hybridized carbons (Fsp3) is 0.417. The van der Waals surface area contributed by atoms with E-state index >= 15 is 0 Å². The van der Waals surface area contributed by atoms with Crippen LogP contribution in [0.3, 0.4) is 0 Å². The third-order valence-electron chi connectivity index (χ3n) is 3.17. The number of amides is 1. The minimum atomic E-state index is -4.20. The van der Waals surface area contributed by atoms with Crippen molar-refractivity contribution in [1.29, 1.82) is 0 Å². The number of carbonyl (C=O) groups excluding carboxylic acids is 1. The van der Waals surface area contributed by atoms with Gasteiger partial charge in [-0.05, 0) is 24.6 Å². The number of hydrogen-bond donors (Lipinski definition) is 1. The molecule has 0 bridgehead atoms. The van der Waals surface area contributed by atoms with Crippen LogP contribution in [0.5, 0.6) is 0 Å². The molecule has 0 saturated carbocycles. The number of hydrogen-bond acceptors (Lipinski definition) is 3. The maximum Gasteiger partial charge on any atom is 0.243 e. The smallest absolute Gasteiger partial charge is 0.243 e. The number of halogens is 2. The van der Waals surface area contributed by atoms with Gasteiger partial charge in [0, 0.05) is 26.1 Å². The summed E-state index contributed by atoms with van der Waals surface area (Å²) in [5, 5.41) is 0. The first-order chi connectivity index (χ1) is 9.20. The Hall–Kier alpha value is -1.54. The van der Waals surface area contributed by atoms with Gasteiger partial charge in [-0.3, -0.25) is 4.79 Å². The van der Waals surface area contributed by atoms with Crippen molar-refractivity contribution in [2.24, 2.45) is 0 Å². The molecule has 8 heteroatoms. The first-order valence-electron chi connectivity index (χ1n) is 5.92. The number of carbonyl (C=O) groups is 1. The molecule has 1 saturated heterocycles. The largest absolute Gasteiger partial charge is 0.344 e. The first kappa shape index (κ1) is 14.9. The lowest BCUT2D eigenvalue weighted by Crippen LogP contribution is -2.36. The van der Waals surface area contributed by atoms with Crippen molar-refractivity contribution >= 4 is 15.9 Å². The minimum absolute atomic E-state index is 0.00565. The van der Waals surface area contributed by atoms with Crippen molar-refractivity contribution in [3.8, 4) is 0 Å². The van der Waals surface area contributed by atoms with Gasteiger partial charge in [0.05, 0.1) is 0 Å². The van der Waals surface area contributed by atoms with Gasteiger partial charge in [0.2, 0.25) is 15.9 Å². The summed E-state index contributed by atoms with van der Waals surface area (Å²) in [7, 11) is -2.66. The lowest BCUT2D eigenvalue weighted by molar-refractivity contribution is -0.126. The van der Waals surface area contributed by atoms with E-state index in [0.717, 1.165) is 6.07 Å². The highest BCUT2D eigenvalue weighted by Gasteiger charge is 2.32. The number of nitrogens with zero attached hydrogens (tertiary/aromatic N) is 1. The summed E-state index contributed by atoms with van der Waals surface area (Å²) in [6, 6.07) is 0.838. The second-order valence-electron chi connectivity index (χ2n) is 4.83. The van der Waals surface area contributed by atoms with Crippen LogP contribution in [0.15, 0.2) is 17.0 Å². The van der Waals surface area contributed by atoms with Gasteiger partial charge in [0.1, 0.15) is 16.5 Å². The van der Waals surface area contributed by atoms with Gasteiger partial charge in [-0.25, -0.2) is 21.9 Å². The van der Waals surface area contributed by atoms with Crippen LogP contribution in [0, 0.1) is 18.6 Å². The molecule has 1 atom stereocenters. The number of sulfonamides is 1. The van der Waals surface area contributed by atoms with E-state index in [1.807, 2.05) is 0 Å². The van der Waals surface area contributed by atoms with Crippen molar-refractivity contribution in [2.45, 2.75) is 24.3 Å². The summed E-state index contributed by atoms with van der Waals surface area (Å²) in [6.45, 7) is 1.54. The number of aryl methyl sites for hydroxylation is 1. The van der Waals surface area contributed by atoms with Gasteiger partial charge >= 0.3 is 0 Å². The lowest BCUT2D eigenvalue weighted by atomic mass is 10.2. The number of likely N-dealkylation sites (N-methyl/N-ethyl adjacent to an activating group) is 1. The maximum absolute atomic E-state index is 13.7. The predicted molar refractivity (Wildman–Crippen MR) is 67.5 cm³/mol. The van der Waals surface area contributed by atoms with Gasteiger partial charge in [-0.15, -0.1) is 0 Å². The molecule has 0 aliphatic carbocycles. The summed E-state index contributed by atoms with van der Waals surface area (Å²) in [5.74, 6) is -2.02. The molecule has 1 aliphatic heterocycles. The molecular formula is C12H14F2N2O3S. The number of rotatable bonds is 3. The highest BCUT2D eigenvalue weighted by Crippen LogP contribution is 2.20. The molecule has 1 unspecified atom stereocenters. The van der Waals surface area contributed by atoms with Crippen LogP contribution >= 0.6 is 0 Å². The molecule has 1 fully saturated rings. The van der Waals surface area contributed by atoms with Crippen LogP contribution in [0.1, 0.15) is 12.0 Å². The third-order valence-corrected chi connectivity index (χ3v) is 4.70. The Morgan fingerprint density at radius 3 is 2.50 bits per heavy atom. The molecule has 110 valence electrons. The van der Waals surface area contributed by atoms with E-state index in [1.54, 1.807) is 7.05 Å². The SMILES string of the molecule is Cc1cc(F)c(S(=O)(=O)NC2CC(=O)N(C)C2)cc1F. The van der Waals surface area contributed by atoms with E-state index in [0.29, 0.717) is 6.07 Å². The van der Waals surface area contributed by atoms with Crippen LogP contribution < -0.4 is 4.72 Å². The molecule has 0 radical (unpaired) electrons. The molecule has 0 spiro atoms. The van der Waals surface area contributed by atoms with Crippen LogP contribution in [-0.4, -0.2) is 38.9 Å². The summed E-state index contributed by atoms with van der Waals surface area (Å²) >= 11 is 0. The van der Waals surface area contributed by atoms with Crippen LogP contribution in [0.25, 0.3) is 0 Å². The first-order valence-corrected chi connectivity index (χ1v) is 7.41. The van der Waals surface area contributed by atoms with E-state index in [-0.39, 0.29) is 24.4 Å². The average Bonchev–Trinajstić information content (AvgIpc) is 2.61. The summed E-state index contributed by atoms with van der Waals surface area (Å²) < 4.78 is 53.4. The Morgan fingerprint density at radius 2 is 1.95 bits per heavy atom. The number of nitrogens with one attached hydrogen (secondary N) is 1. The van der Waals surface area contributed by atoms with Crippen molar-refractivity contribution in [3.05, 3.63) is 29.3 Å². The van der Waals surface area contributed by atoms with Crippen LogP contribution in [0.2, 0.25) is 0 Å². The van der Waals surface area contributed by atoms with E-state index in [1.165, 1.54) is 11.8 Å². The Bertz CT molecular complexity index is 661. The van der Waals surface area contributed by atoms with Gasteiger partial charge in [0.25, 0.3) is 0 Å². The van der Waals surface area contributed by atoms with Crippen molar-refractivity contribution in [3.63, 3.8) is 0 Å². The Kier molecular flexibility index (Phi) is 3.79. The van der Waals surface area contributed by atoms with E-state index in [4.69, 9.17) is 0 Å². The summed E-state index contributed by atoms with van der Waals surface area (Å²) in [4.78, 5) is 12.0. The fourth-order valence-corrected chi connectivity index (χ4v) is 3.36. The minimum Gasteiger partial charge on any atom is -0.344 e. The Labute approximate surface area is 115 Å². The average molecular weight is 304 g/mol. The van der Waals surface area contributed by atoms with E-state index in [9.17, 15) is 22.0 Å². The molecule has 1 aromatic carbocycles. The van der Waals surface area contributed by atoms with Gasteiger partial charge in [-0.2, -0.15) is 0 Å². The molecule has 5 nitrogen and oxygen atoms in total. The standard InChI is InChI=1S/C12H14F2N2O3S/c1-7-3-10(14)11(5-9(7)13)20(18,19)15-8-4-12(17)16(2)6-8/h3,5,8,15H,4,6H2,1-2H3. The second kappa shape index (κ2) is 5.10. The van der Waals surface area contributed by atoms with Crippen LogP contribution in [0.4, 0.5) is 8.78 Å². The predicted octanol–water partition coefficient (Wildman–Crippen LogP) is 0.782. The molecular weight excluding hydrogens is 290 g/mol. The van der Waals surface area contributed by atoms with Crippen molar-refractivity contribution in [1.82, 2.24) is 9.62 Å². The fourth-order valence-electron chi connectivity index (χ4n) is 2.06. The summed E-state index contributed by atoms with van der Waals surface area (Å²) in [6.07, 6.45) is 0.00565. The van der Waals surface area contributed by atoms with Crippen LogP contribution in [-0.2, 0) is 14.8 Å². The molecule has 0 aromatic heterocycles. The van der Waals surface area contributed by atoms with Gasteiger partial charge < -0.3 is 4.90 Å². The molecule has 1 heterocycles. The highest BCUT2D eigenvalue weighted by molar-refractivity contribution is 7.89. The molecule has 1 N–H and O–H groups in total. The monoisotopic (exact) mass is 304 g/mol. The van der Waals surface area contributed by atoms with E-state index in [2.05, 4.69) is 4.72 Å². The molecule has 1 aliphatic rings. The molecule has 20 heavy (non-hydrogen) atoms. The molecule has 1 amide bonds. The van der Waals surface area contributed by atoms with Gasteiger partial charge in [-0.1, -0.05) is 0 Å². The number of benzene rings is 1. The zero-order valence-electron chi connectivity index (χ0n) is 11.0. The van der Waals surface area contributed by atoms with Crippen molar-refractivity contribution < 1.29 is 22.0 Å². The second-order valence-corrected chi connectivity index (χ2v) is 6.51. The summed E-state index contributed by atoms with van der Waals surface area (Å²) in [5.41, 5.74) is 0.0252. The highest BCUT2D eigenvalue weighted by atomic mass is 32.2. The molecule has 1 aromatic rings. The Morgan fingerprint density at radius 1 is 1.30 bits per heavy atom. The number of likely N-dealkylation sites (tertiary alicyclic amines) is 1. The lowest BCUT2D eigenvalue weighted by Gasteiger charge is -2.13. The third kappa shape index (κ3) is 2.80. The Balaban J connectivity index is 2.28. The maximum atomic E-state index is 13.7. The quantitative estimate of drug-likeness (QED) is 0.897. The zero-order chi connectivity index (χ0) is 15.1.